The van der Waals surface area contributed by atoms with Gasteiger partial charge in [-0.1, -0.05) is 127 Å². The standard InChI is InChI=1S/C48H32N2/c1-3-13-40(14-4-1)49(42-26-22-34-10-7-8-11-37(34)31-42)43-27-23-38-30-33(19-21-39(38)32-43)18-20-35-25-29-46-48-44(35)28-24-36-12-9-17-45(47(36)48)50(46)41-15-5-2-6-16-41/h1-32H/b20-18+/i18D,20D. The molecule has 0 saturated heterocycles. The van der Waals surface area contributed by atoms with Crippen LogP contribution in [0.2, 0.25) is 0 Å². The summed E-state index contributed by atoms with van der Waals surface area (Å²) >= 11 is 0. The van der Waals surface area contributed by atoms with Crippen LogP contribution in [0.3, 0.4) is 0 Å². The van der Waals surface area contributed by atoms with E-state index in [9.17, 15) is 2.74 Å². The van der Waals surface area contributed by atoms with E-state index in [1.165, 1.54) is 21.5 Å². The summed E-state index contributed by atoms with van der Waals surface area (Å²) in [7, 11) is 0. The number of aromatic nitrogens is 1. The van der Waals surface area contributed by atoms with Gasteiger partial charge in [0, 0.05) is 33.5 Å². The van der Waals surface area contributed by atoms with Gasteiger partial charge in [-0.3, -0.25) is 0 Å². The van der Waals surface area contributed by atoms with E-state index in [1.54, 1.807) is 0 Å². The van der Waals surface area contributed by atoms with Gasteiger partial charge in [0.2, 0.25) is 0 Å². The molecule has 0 N–H and O–H groups in total. The average Bonchev–Trinajstić information content (AvgIpc) is 3.55. The van der Waals surface area contributed by atoms with E-state index in [0.29, 0.717) is 0 Å². The molecule has 0 spiro atoms. The van der Waals surface area contributed by atoms with E-state index in [1.807, 2.05) is 30.3 Å². The molecule has 0 fully saturated rings. The lowest BCUT2D eigenvalue weighted by Crippen LogP contribution is -2.09. The summed E-state index contributed by atoms with van der Waals surface area (Å²) in [6, 6.07) is 63.7. The Morgan fingerprint density at radius 2 is 1.04 bits per heavy atom. The lowest BCUT2D eigenvalue weighted by molar-refractivity contribution is 1.18. The smallest absolute Gasteiger partial charge is 0.0629 e. The van der Waals surface area contributed by atoms with Crippen molar-refractivity contribution in [3.63, 3.8) is 0 Å². The van der Waals surface area contributed by atoms with E-state index < -0.39 is 0 Å². The molecule has 0 amide bonds. The van der Waals surface area contributed by atoms with E-state index in [2.05, 4.69) is 161 Å². The maximum atomic E-state index is 9.37. The molecule has 0 atom stereocenters. The minimum Gasteiger partial charge on any atom is -0.310 e. The monoisotopic (exact) mass is 638 g/mol. The zero-order valence-corrected chi connectivity index (χ0v) is 27.2. The van der Waals surface area contributed by atoms with Crippen molar-refractivity contribution >= 4 is 83.3 Å². The third kappa shape index (κ3) is 4.65. The normalized spacial score (nSPS) is 12.9. The summed E-state index contributed by atoms with van der Waals surface area (Å²) in [6.45, 7) is 0. The van der Waals surface area contributed by atoms with Crippen molar-refractivity contribution in [2.24, 2.45) is 0 Å². The molecule has 1 aromatic heterocycles. The van der Waals surface area contributed by atoms with E-state index in [0.717, 1.165) is 66.5 Å². The first-order valence-electron chi connectivity index (χ1n) is 18.0. The molecular weight excluding hydrogens is 605 g/mol. The third-order valence-electron chi connectivity index (χ3n) is 9.90. The van der Waals surface area contributed by atoms with Gasteiger partial charge in [0.05, 0.1) is 13.8 Å². The van der Waals surface area contributed by atoms with Crippen molar-refractivity contribution < 1.29 is 2.74 Å². The van der Waals surface area contributed by atoms with Gasteiger partial charge in [-0.05, 0) is 110 Å². The molecule has 9 aromatic carbocycles. The van der Waals surface area contributed by atoms with Gasteiger partial charge in [-0.15, -0.1) is 0 Å². The summed E-state index contributed by atoms with van der Waals surface area (Å²) in [4.78, 5) is 2.28. The molecule has 10 aromatic rings. The SMILES string of the molecule is [2H]/C(=C(/[2H])c1ccc2c3c1ccc1cccc(c13)n2-c1ccccc1)c1ccc2cc(N(c3ccccc3)c3ccc4ccccc4c3)ccc2c1. The number of nitrogens with zero attached hydrogens (tertiary/aromatic N) is 2. The average molecular weight is 639 g/mol. The van der Waals surface area contributed by atoms with Crippen LogP contribution in [0.1, 0.15) is 13.9 Å². The van der Waals surface area contributed by atoms with Crippen LogP contribution in [0, 0.1) is 0 Å². The molecule has 50 heavy (non-hydrogen) atoms. The number of hydrogen-bond donors (Lipinski definition) is 0. The van der Waals surface area contributed by atoms with Crippen molar-refractivity contribution in [3.8, 4) is 5.69 Å². The molecule has 2 nitrogen and oxygen atoms in total. The molecule has 2 heteroatoms. The Hall–Kier alpha value is -6.64. The first kappa shape index (κ1) is 26.3. The van der Waals surface area contributed by atoms with Gasteiger partial charge in [-0.2, -0.15) is 0 Å². The summed E-state index contributed by atoms with van der Waals surface area (Å²) in [5.41, 5.74) is 8.06. The molecular formula is C48H32N2. The zero-order valence-electron chi connectivity index (χ0n) is 29.2. The molecule has 0 aliphatic heterocycles. The van der Waals surface area contributed by atoms with Crippen molar-refractivity contribution in [3.05, 3.63) is 193 Å². The topological polar surface area (TPSA) is 8.17 Å². The molecule has 0 aliphatic rings. The maximum absolute atomic E-state index is 9.37. The Kier molecular flexibility index (Phi) is 6.06. The Balaban J connectivity index is 1.07. The second-order valence-corrected chi connectivity index (χ2v) is 12.9. The summed E-state index contributed by atoms with van der Waals surface area (Å²) < 4.78 is 21.0. The lowest BCUT2D eigenvalue weighted by atomic mass is 9.97. The van der Waals surface area contributed by atoms with Crippen molar-refractivity contribution in [1.29, 1.82) is 0 Å². The highest BCUT2D eigenvalue weighted by Gasteiger charge is 2.18. The highest BCUT2D eigenvalue weighted by atomic mass is 15.1. The summed E-state index contributed by atoms with van der Waals surface area (Å²) in [5.74, 6) is 0. The van der Waals surface area contributed by atoms with Crippen LogP contribution in [0.25, 0.3) is 71.9 Å². The number of para-hydroxylation sites is 2. The van der Waals surface area contributed by atoms with Gasteiger partial charge >= 0.3 is 0 Å². The van der Waals surface area contributed by atoms with Crippen LogP contribution >= 0.6 is 0 Å². The predicted octanol–water partition coefficient (Wildman–Crippen LogP) is 13.3. The first-order valence-corrected chi connectivity index (χ1v) is 17.0. The number of benzene rings is 9. The van der Waals surface area contributed by atoms with Gasteiger partial charge < -0.3 is 9.47 Å². The second-order valence-electron chi connectivity index (χ2n) is 12.9. The predicted molar refractivity (Wildman–Crippen MR) is 215 cm³/mol. The van der Waals surface area contributed by atoms with Crippen LogP contribution in [0.15, 0.2) is 182 Å². The molecule has 1 heterocycles. The van der Waals surface area contributed by atoms with Crippen LogP contribution in [0.5, 0.6) is 0 Å². The third-order valence-corrected chi connectivity index (χ3v) is 9.90. The minimum atomic E-state index is 0.203. The van der Waals surface area contributed by atoms with Crippen molar-refractivity contribution in [2.45, 2.75) is 0 Å². The maximum Gasteiger partial charge on any atom is 0.0629 e. The van der Waals surface area contributed by atoms with Gasteiger partial charge in [0.25, 0.3) is 0 Å². The Bertz CT molecular complexity index is 2980. The zero-order chi connectivity index (χ0) is 34.8. The molecule has 0 unspecified atom stereocenters. The van der Waals surface area contributed by atoms with Gasteiger partial charge in [-0.25, -0.2) is 0 Å². The number of hydrogen-bond acceptors (Lipinski definition) is 1. The quantitative estimate of drug-likeness (QED) is 0.130. The van der Waals surface area contributed by atoms with Crippen molar-refractivity contribution in [2.75, 3.05) is 4.90 Å². The molecule has 0 radical (unpaired) electrons. The Morgan fingerprint density at radius 3 is 1.86 bits per heavy atom. The van der Waals surface area contributed by atoms with Crippen LogP contribution < -0.4 is 4.90 Å². The Labute approximate surface area is 293 Å². The molecule has 10 rings (SSSR count). The highest BCUT2D eigenvalue weighted by molar-refractivity contribution is 6.25. The molecule has 0 aliphatic carbocycles. The number of rotatable bonds is 6. The minimum absolute atomic E-state index is 0.203. The fourth-order valence-electron chi connectivity index (χ4n) is 7.58. The summed E-state index contributed by atoms with van der Waals surface area (Å²) in [5, 5.41) is 8.98. The highest BCUT2D eigenvalue weighted by Crippen LogP contribution is 2.41. The summed E-state index contributed by atoms with van der Waals surface area (Å²) in [6.07, 6.45) is 0. The fraction of sp³-hybridized carbons (Fsp3) is 0. The van der Waals surface area contributed by atoms with Gasteiger partial charge in [0.15, 0.2) is 0 Å². The number of fused-ring (bicyclic) bond motifs is 2. The van der Waals surface area contributed by atoms with E-state index in [-0.39, 0.29) is 12.1 Å². The second kappa shape index (κ2) is 11.5. The Morgan fingerprint density at radius 1 is 0.420 bits per heavy atom. The van der Waals surface area contributed by atoms with Crippen molar-refractivity contribution in [1.82, 2.24) is 4.57 Å². The molecule has 234 valence electrons. The largest absolute Gasteiger partial charge is 0.310 e. The van der Waals surface area contributed by atoms with E-state index in [4.69, 9.17) is 0 Å². The molecule has 0 bridgehead atoms. The van der Waals surface area contributed by atoms with Crippen LogP contribution in [0.4, 0.5) is 17.1 Å². The van der Waals surface area contributed by atoms with Crippen LogP contribution in [-0.4, -0.2) is 4.57 Å². The van der Waals surface area contributed by atoms with E-state index >= 15 is 0 Å². The molecule has 0 saturated carbocycles. The fourth-order valence-corrected chi connectivity index (χ4v) is 7.58. The van der Waals surface area contributed by atoms with Crippen LogP contribution in [-0.2, 0) is 0 Å². The van der Waals surface area contributed by atoms with Gasteiger partial charge in [0.1, 0.15) is 0 Å². The lowest BCUT2D eigenvalue weighted by Gasteiger charge is -2.26. The number of anilines is 3. The first-order chi connectivity index (χ1) is 25.6.